The molecule has 8 nitrogen and oxygen atoms in total. The summed E-state index contributed by atoms with van der Waals surface area (Å²) in [6.07, 6.45) is 0.242. The number of hydrogen-bond donors (Lipinski definition) is 2. The average Bonchev–Trinajstić information content (AvgIpc) is 2.37. The van der Waals surface area contributed by atoms with Crippen LogP contribution in [0.15, 0.2) is 6.07 Å². The molecule has 1 atom stereocenters. The molecule has 0 saturated heterocycles. The molecule has 0 radical (unpaired) electrons. The summed E-state index contributed by atoms with van der Waals surface area (Å²) in [5.41, 5.74) is 5.42. The fourth-order valence-corrected chi connectivity index (χ4v) is 3.21. The second-order valence-electron chi connectivity index (χ2n) is 3.72. The van der Waals surface area contributed by atoms with E-state index in [0.29, 0.717) is 0 Å². The predicted octanol–water partition coefficient (Wildman–Crippen LogP) is 0.300. The van der Waals surface area contributed by atoms with Crippen molar-refractivity contribution in [2.45, 2.75) is 18.6 Å². The van der Waals surface area contributed by atoms with Gasteiger partial charge < -0.3 is 15.2 Å². The molecule has 3 N–H and O–H groups in total. The van der Waals surface area contributed by atoms with E-state index in [-0.39, 0.29) is 29.1 Å². The fraction of sp³-hybridized carbons (Fsp3) is 0.500. The molecule has 112 valence electrons. The van der Waals surface area contributed by atoms with Crippen LogP contribution in [0, 0.1) is 0 Å². The van der Waals surface area contributed by atoms with E-state index in [9.17, 15) is 8.42 Å². The Kier molecular flexibility index (Phi) is 5.45. The van der Waals surface area contributed by atoms with Gasteiger partial charge in [0.05, 0.1) is 25.3 Å². The Morgan fingerprint density at radius 3 is 2.25 bits per heavy atom. The first kappa shape index (κ1) is 16.4. The first-order valence-electron chi connectivity index (χ1n) is 5.62. The Balaban J connectivity index is 3.11. The van der Waals surface area contributed by atoms with Crippen molar-refractivity contribution in [1.29, 1.82) is 0 Å². The molecule has 0 spiro atoms. The Morgan fingerprint density at radius 1 is 1.40 bits per heavy atom. The fourth-order valence-electron chi connectivity index (χ4n) is 1.43. The van der Waals surface area contributed by atoms with Gasteiger partial charge in [-0.3, -0.25) is 4.72 Å². The van der Waals surface area contributed by atoms with Crippen molar-refractivity contribution in [2.24, 2.45) is 5.73 Å². The highest BCUT2D eigenvalue weighted by atomic mass is 32.2. The van der Waals surface area contributed by atoms with Gasteiger partial charge in [-0.2, -0.15) is 9.97 Å². The van der Waals surface area contributed by atoms with Crippen LogP contribution in [-0.4, -0.2) is 42.8 Å². The van der Waals surface area contributed by atoms with Crippen LogP contribution in [-0.2, 0) is 10.0 Å². The summed E-state index contributed by atoms with van der Waals surface area (Å²) in [5, 5.41) is -1.00. The lowest BCUT2D eigenvalue weighted by molar-refractivity contribution is 0.373. The molecular weight excluding hydrogens is 304 g/mol. The zero-order valence-electron chi connectivity index (χ0n) is 11.3. The van der Waals surface area contributed by atoms with Gasteiger partial charge in [0.2, 0.25) is 27.7 Å². The molecule has 0 bridgehead atoms. The zero-order valence-corrected chi connectivity index (χ0v) is 12.9. The summed E-state index contributed by atoms with van der Waals surface area (Å²) in [6, 6.07) is 1.42. The van der Waals surface area contributed by atoms with Crippen molar-refractivity contribution >= 4 is 33.2 Å². The summed E-state index contributed by atoms with van der Waals surface area (Å²) in [7, 11) is -1.04. The summed E-state index contributed by atoms with van der Waals surface area (Å²) >= 11 is 4.75. The Bertz CT molecular complexity index is 569. The Hall–Kier alpha value is -1.68. The maximum atomic E-state index is 12.1. The minimum Gasteiger partial charge on any atom is -0.481 e. The van der Waals surface area contributed by atoms with Crippen LogP contribution in [0.3, 0.4) is 0 Å². The van der Waals surface area contributed by atoms with Crippen LogP contribution in [0.1, 0.15) is 13.3 Å². The van der Waals surface area contributed by atoms with Crippen LogP contribution in [0.4, 0.5) is 5.95 Å². The van der Waals surface area contributed by atoms with Crippen molar-refractivity contribution in [3.05, 3.63) is 6.07 Å². The number of anilines is 1. The van der Waals surface area contributed by atoms with E-state index in [0.717, 1.165) is 0 Å². The molecule has 20 heavy (non-hydrogen) atoms. The quantitative estimate of drug-likeness (QED) is 0.689. The van der Waals surface area contributed by atoms with E-state index in [1.54, 1.807) is 6.92 Å². The van der Waals surface area contributed by atoms with Gasteiger partial charge >= 0.3 is 0 Å². The highest BCUT2D eigenvalue weighted by molar-refractivity contribution is 7.95. The van der Waals surface area contributed by atoms with E-state index in [1.807, 2.05) is 0 Å². The lowest BCUT2D eigenvalue weighted by Crippen LogP contribution is -2.38. The minimum absolute atomic E-state index is 0.116. The van der Waals surface area contributed by atoms with Crippen molar-refractivity contribution in [2.75, 3.05) is 18.9 Å². The number of aromatic nitrogens is 2. The number of rotatable bonds is 7. The van der Waals surface area contributed by atoms with Crippen LogP contribution >= 0.6 is 12.2 Å². The summed E-state index contributed by atoms with van der Waals surface area (Å²) in [5.74, 6) is 0.159. The molecule has 0 saturated carbocycles. The molecule has 0 aliphatic carbocycles. The molecule has 0 aliphatic rings. The lowest BCUT2D eigenvalue weighted by Gasteiger charge is -2.15. The van der Waals surface area contributed by atoms with Crippen LogP contribution in [0.25, 0.3) is 0 Å². The summed E-state index contributed by atoms with van der Waals surface area (Å²) in [6.45, 7) is 1.66. The van der Waals surface area contributed by atoms with Gasteiger partial charge in [0.15, 0.2) is 0 Å². The monoisotopic (exact) mass is 320 g/mol. The normalized spacial score (nSPS) is 12.6. The number of hydrogen-bond acceptors (Lipinski definition) is 7. The third-order valence-electron chi connectivity index (χ3n) is 2.39. The third kappa shape index (κ3) is 3.90. The number of sulfonamides is 1. The van der Waals surface area contributed by atoms with Crippen molar-refractivity contribution < 1.29 is 17.9 Å². The van der Waals surface area contributed by atoms with Crippen molar-refractivity contribution in [3.63, 3.8) is 0 Å². The first-order chi connectivity index (χ1) is 9.33. The maximum absolute atomic E-state index is 12.1. The largest absolute Gasteiger partial charge is 0.481 e. The first-order valence-corrected chi connectivity index (χ1v) is 7.57. The second kappa shape index (κ2) is 6.66. The zero-order chi connectivity index (χ0) is 15.3. The van der Waals surface area contributed by atoms with Crippen molar-refractivity contribution in [1.82, 2.24) is 9.97 Å². The predicted molar refractivity (Wildman–Crippen MR) is 78.5 cm³/mol. The molecule has 10 heteroatoms. The molecular formula is C10H16N4O4S2. The second-order valence-corrected chi connectivity index (χ2v) is 6.06. The molecule has 1 rings (SSSR count). The summed E-state index contributed by atoms with van der Waals surface area (Å²) in [4.78, 5) is 7.63. The van der Waals surface area contributed by atoms with Gasteiger partial charge in [-0.25, -0.2) is 8.42 Å². The molecule has 0 fully saturated rings. The van der Waals surface area contributed by atoms with E-state index in [1.165, 1.54) is 20.3 Å². The molecule has 1 aromatic heterocycles. The van der Waals surface area contributed by atoms with E-state index in [4.69, 9.17) is 27.4 Å². The number of methoxy groups -OCH3 is 2. The maximum Gasteiger partial charge on any atom is 0.244 e. The molecule has 0 aromatic carbocycles. The third-order valence-corrected chi connectivity index (χ3v) is 4.63. The van der Waals surface area contributed by atoms with Crippen LogP contribution < -0.4 is 19.9 Å². The smallest absolute Gasteiger partial charge is 0.244 e. The molecule has 1 unspecified atom stereocenters. The van der Waals surface area contributed by atoms with Gasteiger partial charge in [0.25, 0.3) is 0 Å². The van der Waals surface area contributed by atoms with E-state index >= 15 is 0 Å². The highest BCUT2D eigenvalue weighted by Crippen LogP contribution is 2.19. The Morgan fingerprint density at radius 2 is 1.90 bits per heavy atom. The highest BCUT2D eigenvalue weighted by Gasteiger charge is 2.27. The number of thiocarbonyl (C=S) groups is 1. The molecule has 0 aliphatic heterocycles. The average molecular weight is 320 g/mol. The van der Waals surface area contributed by atoms with Crippen LogP contribution in [0.2, 0.25) is 0 Å². The minimum atomic E-state index is -3.83. The van der Waals surface area contributed by atoms with Crippen molar-refractivity contribution in [3.8, 4) is 11.8 Å². The number of nitrogens with one attached hydrogen (secondary N) is 1. The van der Waals surface area contributed by atoms with Gasteiger partial charge in [-0.1, -0.05) is 19.1 Å². The van der Waals surface area contributed by atoms with Gasteiger partial charge in [0, 0.05) is 0 Å². The topological polar surface area (TPSA) is 116 Å². The molecule has 0 amide bonds. The standard InChI is InChI=1S/C10H16N4O4S2/c1-4-6(9(11)19)20(15,16)14-10-12-7(17-2)5-8(13-10)18-3/h5-6H,4H2,1-3H3,(H2,11,19)(H,12,13,14). The number of nitrogens with two attached hydrogens (primary N) is 1. The van der Waals surface area contributed by atoms with Gasteiger partial charge in [-0.05, 0) is 6.42 Å². The SMILES string of the molecule is CCC(C(N)=S)S(=O)(=O)Nc1nc(OC)cc(OC)n1. The Labute approximate surface area is 122 Å². The van der Waals surface area contributed by atoms with Gasteiger partial charge in [0.1, 0.15) is 5.25 Å². The van der Waals surface area contributed by atoms with E-state index in [2.05, 4.69) is 14.7 Å². The molecule has 1 aromatic rings. The lowest BCUT2D eigenvalue weighted by atomic mass is 10.3. The number of nitrogens with zero attached hydrogens (tertiary/aromatic N) is 2. The van der Waals surface area contributed by atoms with Gasteiger partial charge in [-0.15, -0.1) is 0 Å². The van der Waals surface area contributed by atoms with E-state index < -0.39 is 15.3 Å². The number of ether oxygens (including phenoxy) is 2. The summed E-state index contributed by atoms with van der Waals surface area (Å²) < 4.78 is 36.3. The molecule has 1 heterocycles. The van der Waals surface area contributed by atoms with Crippen LogP contribution in [0.5, 0.6) is 11.8 Å².